The Hall–Kier alpha value is -4.73. The maximum atomic E-state index is 11.1. The van der Waals surface area contributed by atoms with Gasteiger partial charge in [-0.15, -0.1) is 0 Å². The van der Waals surface area contributed by atoms with Gasteiger partial charge in [0.2, 0.25) is 0 Å². The lowest BCUT2D eigenvalue weighted by molar-refractivity contribution is -0.137. The summed E-state index contributed by atoms with van der Waals surface area (Å²) in [5, 5.41) is 2.49. The standard InChI is InChI=1S/C43H44O3/c1-4-43(44)46-28-10-6-5-9-27-45-42-26-25-37(40-11-7-8-12-41(40)42)22-19-34-15-13-33(14-16-34)17-18-35-20-23-39-31-36(29-32(2)3)21-24-38(39)30-35/h4,13-16,20-21,23-26,30-32H,1,5-12,27-29H2,2-3H3. The van der Waals surface area contributed by atoms with Gasteiger partial charge in [0.05, 0.1) is 13.2 Å². The van der Waals surface area contributed by atoms with E-state index in [-0.39, 0.29) is 5.97 Å². The molecule has 46 heavy (non-hydrogen) atoms. The first-order chi connectivity index (χ1) is 22.5. The van der Waals surface area contributed by atoms with Crippen molar-refractivity contribution in [2.24, 2.45) is 5.92 Å². The van der Waals surface area contributed by atoms with Gasteiger partial charge in [0.25, 0.3) is 0 Å². The molecule has 0 N–H and O–H groups in total. The Morgan fingerprint density at radius 3 is 2.11 bits per heavy atom. The molecular weight excluding hydrogens is 564 g/mol. The van der Waals surface area contributed by atoms with E-state index in [1.54, 1.807) is 0 Å². The predicted octanol–water partition coefficient (Wildman–Crippen LogP) is 9.39. The van der Waals surface area contributed by atoms with Crippen LogP contribution in [0.25, 0.3) is 10.8 Å². The van der Waals surface area contributed by atoms with E-state index in [9.17, 15) is 4.79 Å². The highest BCUT2D eigenvalue weighted by atomic mass is 16.5. The van der Waals surface area contributed by atoms with Gasteiger partial charge >= 0.3 is 5.97 Å². The molecule has 0 saturated carbocycles. The fourth-order valence-electron chi connectivity index (χ4n) is 5.95. The summed E-state index contributed by atoms with van der Waals surface area (Å²) in [7, 11) is 0. The van der Waals surface area contributed by atoms with Crippen molar-refractivity contribution in [2.45, 2.75) is 71.6 Å². The van der Waals surface area contributed by atoms with Crippen molar-refractivity contribution in [3.8, 4) is 29.4 Å². The molecule has 4 aromatic carbocycles. The number of hydrogen-bond donors (Lipinski definition) is 0. The van der Waals surface area contributed by atoms with Crippen LogP contribution in [0.15, 0.2) is 85.5 Å². The smallest absolute Gasteiger partial charge is 0.330 e. The fraction of sp³-hybridized carbons (Fsp3) is 0.326. The Morgan fingerprint density at radius 1 is 0.739 bits per heavy atom. The maximum absolute atomic E-state index is 11.1. The topological polar surface area (TPSA) is 35.5 Å². The summed E-state index contributed by atoms with van der Waals surface area (Å²) >= 11 is 0. The Morgan fingerprint density at radius 2 is 1.37 bits per heavy atom. The van der Waals surface area contributed by atoms with Crippen LogP contribution in [-0.4, -0.2) is 19.2 Å². The molecule has 0 amide bonds. The first kappa shape index (κ1) is 32.7. The monoisotopic (exact) mass is 608 g/mol. The highest BCUT2D eigenvalue weighted by Gasteiger charge is 2.17. The second-order valence-corrected chi connectivity index (χ2v) is 12.5. The molecule has 3 heteroatoms. The molecular formula is C43H44O3. The zero-order valence-electron chi connectivity index (χ0n) is 27.3. The molecule has 234 valence electrons. The number of carbonyl (C=O) groups excluding carboxylic acids is 1. The molecule has 0 fully saturated rings. The number of fused-ring (bicyclic) bond motifs is 2. The third-order valence-electron chi connectivity index (χ3n) is 8.33. The van der Waals surface area contributed by atoms with Crippen molar-refractivity contribution >= 4 is 16.7 Å². The molecule has 0 heterocycles. The van der Waals surface area contributed by atoms with Gasteiger partial charge in [-0.1, -0.05) is 68.4 Å². The van der Waals surface area contributed by atoms with Gasteiger partial charge in [0.15, 0.2) is 0 Å². The third kappa shape index (κ3) is 9.39. The number of benzene rings is 4. The van der Waals surface area contributed by atoms with Gasteiger partial charge in [-0.2, -0.15) is 0 Å². The number of unbranched alkanes of at least 4 members (excludes halogenated alkanes) is 3. The van der Waals surface area contributed by atoms with Crippen LogP contribution in [0, 0.1) is 29.6 Å². The number of esters is 1. The van der Waals surface area contributed by atoms with E-state index in [0.29, 0.717) is 19.1 Å². The molecule has 1 aliphatic rings. The molecule has 0 saturated heterocycles. The lowest BCUT2D eigenvalue weighted by atomic mass is 9.87. The molecule has 4 aromatic rings. The number of hydrogen-bond acceptors (Lipinski definition) is 3. The summed E-state index contributed by atoms with van der Waals surface area (Å²) in [4.78, 5) is 11.1. The second kappa shape index (κ2) is 16.5. The van der Waals surface area contributed by atoms with Crippen molar-refractivity contribution in [3.05, 3.63) is 124 Å². The first-order valence-corrected chi connectivity index (χ1v) is 16.7. The minimum Gasteiger partial charge on any atom is -0.493 e. The van der Waals surface area contributed by atoms with Crippen molar-refractivity contribution < 1.29 is 14.3 Å². The summed E-state index contributed by atoms with van der Waals surface area (Å²) in [6, 6.07) is 25.6. The molecule has 0 spiro atoms. The summed E-state index contributed by atoms with van der Waals surface area (Å²) in [5.74, 6) is 14.8. The fourth-order valence-corrected chi connectivity index (χ4v) is 5.95. The zero-order valence-corrected chi connectivity index (χ0v) is 27.3. The Bertz CT molecular complexity index is 1790. The predicted molar refractivity (Wildman–Crippen MR) is 189 cm³/mol. The van der Waals surface area contributed by atoms with Crippen molar-refractivity contribution in [3.63, 3.8) is 0 Å². The van der Waals surface area contributed by atoms with E-state index in [1.807, 2.05) is 0 Å². The highest BCUT2D eigenvalue weighted by Crippen LogP contribution is 2.32. The molecule has 0 radical (unpaired) electrons. The van der Waals surface area contributed by atoms with Crippen LogP contribution in [0.1, 0.15) is 91.3 Å². The lowest BCUT2D eigenvalue weighted by Gasteiger charge is -2.21. The minimum atomic E-state index is -0.354. The summed E-state index contributed by atoms with van der Waals surface area (Å²) < 4.78 is 11.3. The first-order valence-electron chi connectivity index (χ1n) is 16.7. The number of carbonyl (C=O) groups is 1. The normalized spacial score (nSPS) is 12.0. The summed E-state index contributed by atoms with van der Waals surface area (Å²) in [6.45, 7) is 9.07. The molecule has 0 aromatic heterocycles. The number of ether oxygens (including phenoxy) is 2. The molecule has 5 rings (SSSR count). The molecule has 3 nitrogen and oxygen atoms in total. The van der Waals surface area contributed by atoms with Crippen molar-refractivity contribution in [2.75, 3.05) is 13.2 Å². The third-order valence-corrected chi connectivity index (χ3v) is 8.33. The van der Waals surface area contributed by atoms with Crippen LogP contribution in [0.3, 0.4) is 0 Å². The van der Waals surface area contributed by atoms with E-state index in [0.717, 1.165) is 72.9 Å². The maximum Gasteiger partial charge on any atom is 0.330 e. The van der Waals surface area contributed by atoms with Gasteiger partial charge in [-0.25, -0.2) is 4.79 Å². The quantitative estimate of drug-likeness (QED) is 0.0737. The van der Waals surface area contributed by atoms with E-state index < -0.39 is 0 Å². The van der Waals surface area contributed by atoms with Crippen molar-refractivity contribution in [1.82, 2.24) is 0 Å². The average molecular weight is 609 g/mol. The van der Waals surface area contributed by atoms with E-state index >= 15 is 0 Å². The Kier molecular flexibility index (Phi) is 11.7. The second-order valence-electron chi connectivity index (χ2n) is 12.5. The van der Waals surface area contributed by atoms with E-state index in [1.165, 1.54) is 46.4 Å². The summed E-state index contributed by atoms with van der Waals surface area (Å²) in [6.07, 6.45) is 10.7. The Balaban J connectivity index is 1.17. The molecule has 0 aliphatic heterocycles. The van der Waals surface area contributed by atoms with E-state index in [4.69, 9.17) is 9.47 Å². The average Bonchev–Trinajstić information content (AvgIpc) is 3.08. The molecule has 1 aliphatic carbocycles. The highest BCUT2D eigenvalue weighted by molar-refractivity contribution is 5.84. The minimum absolute atomic E-state index is 0.354. The molecule has 0 atom stereocenters. The SMILES string of the molecule is C=CC(=O)OCCCCCCOc1ccc(C#Cc2ccc(C#Cc3ccc4cc(CC(C)C)ccc4c3)cc2)c2c1CCCC2. The van der Waals surface area contributed by atoms with Gasteiger partial charge < -0.3 is 9.47 Å². The van der Waals surface area contributed by atoms with Crippen LogP contribution in [-0.2, 0) is 28.8 Å². The lowest BCUT2D eigenvalue weighted by Crippen LogP contribution is -2.09. The zero-order chi connectivity index (χ0) is 32.1. The van der Waals surface area contributed by atoms with Gasteiger partial charge in [-0.05, 0) is 140 Å². The van der Waals surface area contributed by atoms with Crippen LogP contribution in [0.5, 0.6) is 5.75 Å². The van der Waals surface area contributed by atoms with Crippen LogP contribution in [0.4, 0.5) is 0 Å². The van der Waals surface area contributed by atoms with Crippen molar-refractivity contribution in [1.29, 1.82) is 0 Å². The number of rotatable bonds is 11. The van der Waals surface area contributed by atoms with Gasteiger partial charge in [-0.3, -0.25) is 0 Å². The molecule has 0 unspecified atom stereocenters. The Labute approximate surface area is 275 Å². The van der Waals surface area contributed by atoms with Gasteiger partial charge in [0, 0.05) is 28.3 Å². The molecule has 0 bridgehead atoms. The van der Waals surface area contributed by atoms with Crippen LogP contribution < -0.4 is 4.74 Å². The largest absolute Gasteiger partial charge is 0.493 e. The van der Waals surface area contributed by atoms with Crippen LogP contribution in [0.2, 0.25) is 0 Å². The van der Waals surface area contributed by atoms with E-state index in [2.05, 4.69) is 117 Å². The van der Waals surface area contributed by atoms with Crippen LogP contribution >= 0.6 is 0 Å². The van der Waals surface area contributed by atoms with Gasteiger partial charge in [0.1, 0.15) is 5.75 Å². The summed E-state index contributed by atoms with van der Waals surface area (Å²) in [5.41, 5.74) is 8.14.